The van der Waals surface area contributed by atoms with Crippen molar-refractivity contribution in [2.75, 3.05) is 12.4 Å². The molecule has 0 bridgehead atoms. The van der Waals surface area contributed by atoms with Crippen LogP contribution in [0.2, 0.25) is 0 Å². The van der Waals surface area contributed by atoms with Crippen molar-refractivity contribution in [3.63, 3.8) is 0 Å². The summed E-state index contributed by atoms with van der Waals surface area (Å²) < 4.78 is 13.5. The molecule has 0 aromatic heterocycles. The van der Waals surface area contributed by atoms with Gasteiger partial charge < -0.3 is 10.6 Å². The third kappa shape index (κ3) is 2.83. The Balaban J connectivity index is 2.29. The third-order valence-corrected chi connectivity index (χ3v) is 2.77. The van der Waals surface area contributed by atoms with Crippen molar-refractivity contribution in [2.24, 2.45) is 0 Å². The Morgan fingerprint density at radius 3 is 2.15 bits per heavy atom. The van der Waals surface area contributed by atoms with Gasteiger partial charge in [-0.25, -0.2) is 4.39 Å². The van der Waals surface area contributed by atoms with Gasteiger partial charge in [-0.15, -0.1) is 0 Å². The van der Waals surface area contributed by atoms with Gasteiger partial charge in [-0.3, -0.25) is 9.59 Å². The summed E-state index contributed by atoms with van der Waals surface area (Å²) in [6, 6.07) is 12.2. The van der Waals surface area contributed by atoms with E-state index in [0.29, 0.717) is 11.3 Å². The fourth-order valence-electron chi connectivity index (χ4n) is 1.76. The first kappa shape index (κ1) is 13.7. The lowest BCUT2D eigenvalue weighted by atomic mass is 10.1. The van der Waals surface area contributed by atoms with Gasteiger partial charge in [0.1, 0.15) is 5.82 Å². The average molecular weight is 272 g/mol. The number of carbonyl (C=O) groups is 2. The lowest BCUT2D eigenvalue weighted by Gasteiger charge is -2.10. The number of carbonyl (C=O) groups excluding carboxylic acids is 2. The van der Waals surface area contributed by atoms with Crippen molar-refractivity contribution < 1.29 is 14.0 Å². The third-order valence-electron chi connectivity index (χ3n) is 2.77. The first-order valence-corrected chi connectivity index (χ1v) is 6.00. The predicted octanol–water partition coefficient (Wildman–Crippen LogP) is 2.44. The summed E-state index contributed by atoms with van der Waals surface area (Å²) in [7, 11) is 1.50. The van der Waals surface area contributed by atoms with Crippen molar-refractivity contribution >= 4 is 17.5 Å². The fourth-order valence-corrected chi connectivity index (χ4v) is 1.76. The van der Waals surface area contributed by atoms with Crippen molar-refractivity contribution in [1.29, 1.82) is 0 Å². The zero-order valence-electron chi connectivity index (χ0n) is 10.8. The summed E-state index contributed by atoms with van der Waals surface area (Å²) in [6.07, 6.45) is 0. The molecule has 0 spiro atoms. The van der Waals surface area contributed by atoms with Crippen LogP contribution in [0.15, 0.2) is 48.5 Å². The van der Waals surface area contributed by atoms with E-state index < -0.39 is 11.7 Å². The number of amides is 2. The van der Waals surface area contributed by atoms with Crippen LogP contribution in [0.3, 0.4) is 0 Å². The van der Waals surface area contributed by atoms with E-state index in [4.69, 9.17) is 0 Å². The van der Waals surface area contributed by atoms with E-state index >= 15 is 0 Å². The van der Waals surface area contributed by atoms with Gasteiger partial charge in [-0.2, -0.15) is 0 Å². The van der Waals surface area contributed by atoms with Crippen molar-refractivity contribution in [3.8, 4) is 0 Å². The average Bonchev–Trinajstić information content (AvgIpc) is 2.47. The summed E-state index contributed by atoms with van der Waals surface area (Å²) in [5.74, 6) is -1.53. The molecule has 2 rings (SSSR count). The van der Waals surface area contributed by atoms with E-state index in [1.165, 1.54) is 25.2 Å². The number of anilines is 1. The normalized spacial score (nSPS) is 9.90. The van der Waals surface area contributed by atoms with Crippen molar-refractivity contribution in [2.45, 2.75) is 0 Å². The minimum Gasteiger partial charge on any atom is -0.355 e. The van der Waals surface area contributed by atoms with Gasteiger partial charge >= 0.3 is 0 Å². The molecule has 0 unspecified atom stereocenters. The van der Waals surface area contributed by atoms with Gasteiger partial charge in [0.25, 0.3) is 11.8 Å². The van der Waals surface area contributed by atoms with Gasteiger partial charge in [0, 0.05) is 7.05 Å². The molecule has 0 saturated heterocycles. The molecule has 2 aromatic carbocycles. The summed E-state index contributed by atoms with van der Waals surface area (Å²) in [5.41, 5.74) is 0.582. The van der Waals surface area contributed by atoms with Crippen LogP contribution in [-0.2, 0) is 0 Å². The minimum absolute atomic E-state index is 0.0702. The lowest BCUT2D eigenvalue weighted by Crippen LogP contribution is -2.21. The van der Waals surface area contributed by atoms with E-state index in [1.807, 2.05) is 0 Å². The molecule has 0 aliphatic heterocycles. The Morgan fingerprint density at radius 2 is 1.50 bits per heavy atom. The molecule has 2 N–H and O–H groups in total. The van der Waals surface area contributed by atoms with E-state index in [1.54, 1.807) is 30.3 Å². The molecular weight excluding hydrogens is 259 g/mol. The van der Waals surface area contributed by atoms with Crippen LogP contribution in [0.25, 0.3) is 0 Å². The Hall–Kier alpha value is -2.69. The number of hydrogen-bond donors (Lipinski definition) is 2. The first-order valence-electron chi connectivity index (χ1n) is 6.00. The molecule has 0 saturated carbocycles. The molecule has 102 valence electrons. The minimum atomic E-state index is -0.609. The molecule has 2 aromatic rings. The molecule has 0 fully saturated rings. The molecule has 0 atom stereocenters. The molecule has 20 heavy (non-hydrogen) atoms. The van der Waals surface area contributed by atoms with Crippen LogP contribution < -0.4 is 10.6 Å². The number of halogens is 1. The van der Waals surface area contributed by atoms with Crippen LogP contribution in [0.4, 0.5) is 10.1 Å². The molecule has 0 heterocycles. The van der Waals surface area contributed by atoms with E-state index in [0.717, 1.165) is 0 Å². The van der Waals surface area contributed by atoms with E-state index in [-0.39, 0.29) is 11.5 Å². The van der Waals surface area contributed by atoms with Crippen molar-refractivity contribution in [3.05, 3.63) is 65.5 Å². The van der Waals surface area contributed by atoms with E-state index in [2.05, 4.69) is 10.6 Å². The quantitative estimate of drug-likeness (QED) is 0.901. The van der Waals surface area contributed by atoms with Crippen molar-refractivity contribution in [1.82, 2.24) is 5.32 Å². The Bertz CT molecular complexity index is 656. The van der Waals surface area contributed by atoms with Crippen LogP contribution in [-0.4, -0.2) is 18.9 Å². The molecular formula is C15H13FN2O2. The standard InChI is InChI=1S/C15H13FN2O2/c1-17-14(19)11-7-3-5-9-13(11)18-15(20)10-6-2-4-8-12(10)16/h2-9H,1H3,(H,17,19)(H,18,20). The SMILES string of the molecule is CNC(=O)c1ccccc1NC(=O)c1ccccc1F. The van der Waals surface area contributed by atoms with Gasteiger partial charge in [-0.05, 0) is 24.3 Å². The molecule has 4 nitrogen and oxygen atoms in total. The number of nitrogens with one attached hydrogen (secondary N) is 2. The molecule has 0 aliphatic carbocycles. The van der Waals surface area contributed by atoms with Gasteiger partial charge in [0.15, 0.2) is 0 Å². The number of benzene rings is 2. The number of rotatable bonds is 3. The molecule has 5 heteroatoms. The smallest absolute Gasteiger partial charge is 0.258 e. The zero-order valence-corrected chi connectivity index (χ0v) is 10.8. The van der Waals surface area contributed by atoms with Crippen LogP contribution in [0, 0.1) is 5.82 Å². The van der Waals surface area contributed by atoms with Crippen LogP contribution >= 0.6 is 0 Å². The Morgan fingerprint density at radius 1 is 0.900 bits per heavy atom. The fraction of sp³-hybridized carbons (Fsp3) is 0.0667. The highest BCUT2D eigenvalue weighted by molar-refractivity contribution is 6.09. The lowest BCUT2D eigenvalue weighted by molar-refractivity contribution is 0.0964. The topological polar surface area (TPSA) is 58.2 Å². The summed E-state index contributed by atoms with van der Waals surface area (Å²) in [5, 5.41) is 5.02. The summed E-state index contributed by atoms with van der Waals surface area (Å²) in [4.78, 5) is 23.7. The summed E-state index contributed by atoms with van der Waals surface area (Å²) >= 11 is 0. The summed E-state index contributed by atoms with van der Waals surface area (Å²) in [6.45, 7) is 0. The van der Waals surface area contributed by atoms with Crippen LogP contribution in [0.5, 0.6) is 0 Å². The largest absolute Gasteiger partial charge is 0.355 e. The molecule has 0 aliphatic rings. The second-order valence-electron chi connectivity index (χ2n) is 4.06. The highest BCUT2D eigenvalue weighted by Crippen LogP contribution is 2.17. The van der Waals surface area contributed by atoms with Gasteiger partial charge in [0.2, 0.25) is 0 Å². The second kappa shape index (κ2) is 5.97. The van der Waals surface area contributed by atoms with Gasteiger partial charge in [-0.1, -0.05) is 24.3 Å². The molecule has 2 amide bonds. The van der Waals surface area contributed by atoms with Gasteiger partial charge in [0.05, 0.1) is 16.8 Å². The maximum Gasteiger partial charge on any atom is 0.258 e. The predicted molar refractivity (Wildman–Crippen MR) is 74.2 cm³/mol. The first-order chi connectivity index (χ1) is 9.63. The highest BCUT2D eigenvalue weighted by Gasteiger charge is 2.15. The molecule has 0 radical (unpaired) electrons. The van der Waals surface area contributed by atoms with Crippen LogP contribution in [0.1, 0.15) is 20.7 Å². The Labute approximate surface area is 115 Å². The zero-order chi connectivity index (χ0) is 14.5. The second-order valence-corrected chi connectivity index (χ2v) is 4.06. The van der Waals surface area contributed by atoms with E-state index in [9.17, 15) is 14.0 Å². The number of hydrogen-bond acceptors (Lipinski definition) is 2. The number of para-hydroxylation sites is 1. The maximum absolute atomic E-state index is 13.5. The highest BCUT2D eigenvalue weighted by atomic mass is 19.1. The Kier molecular flexibility index (Phi) is 4.10. The monoisotopic (exact) mass is 272 g/mol. The maximum atomic E-state index is 13.5.